The Morgan fingerprint density at radius 3 is 2.83 bits per heavy atom. The number of ketones is 2. The molecule has 0 aromatic carbocycles. The first-order chi connectivity index (χ1) is 11.4. The molecule has 5 aliphatic rings. The van der Waals surface area contributed by atoms with Crippen molar-refractivity contribution in [3.8, 4) is 0 Å². The maximum atomic E-state index is 12.3. The molecule has 1 heterocycles. The monoisotopic (exact) mass is 328 g/mol. The van der Waals surface area contributed by atoms with Crippen molar-refractivity contribution < 1.29 is 14.3 Å². The molecule has 0 radical (unpaired) electrons. The van der Waals surface area contributed by atoms with Gasteiger partial charge in [-0.1, -0.05) is 25.5 Å². The topological polar surface area (TPSA) is 43.4 Å². The van der Waals surface area contributed by atoms with Gasteiger partial charge in [0.2, 0.25) is 0 Å². The van der Waals surface area contributed by atoms with Gasteiger partial charge in [-0.25, -0.2) is 0 Å². The van der Waals surface area contributed by atoms with Crippen molar-refractivity contribution in [3.05, 3.63) is 11.6 Å². The van der Waals surface area contributed by atoms with Crippen LogP contribution in [0, 0.1) is 34.5 Å². The first-order valence-corrected chi connectivity index (χ1v) is 9.73. The van der Waals surface area contributed by atoms with Gasteiger partial charge in [-0.3, -0.25) is 9.59 Å². The number of rotatable bonds is 1. The second-order valence-electron chi connectivity index (χ2n) is 9.58. The Balaban J connectivity index is 1.60. The molecule has 1 saturated heterocycles. The lowest BCUT2D eigenvalue weighted by molar-refractivity contribution is -0.130. The number of carbonyl (C=O) groups is 2. The zero-order valence-corrected chi connectivity index (χ0v) is 15.0. The predicted molar refractivity (Wildman–Crippen MR) is 90.3 cm³/mol. The van der Waals surface area contributed by atoms with E-state index in [1.807, 2.05) is 0 Å². The number of Topliss-reactive ketones (excluding diaryl/α,β-unsaturated/α-hetero) is 2. The highest BCUT2D eigenvalue weighted by molar-refractivity contribution is 5.84. The van der Waals surface area contributed by atoms with Gasteiger partial charge < -0.3 is 4.74 Å². The number of carbonyl (C=O) groups excluding carboxylic acids is 2. The van der Waals surface area contributed by atoms with Crippen molar-refractivity contribution in [2.45, 2.75) is 71.5 Å². The normalized spacial score (nSPS) is 55.0. The van der Waals surface area contributed by atoms with Gasteiger partial charge in [0.25, 0.3) is 0 Å². The maximum Gasteiger partial charge on any atom is 0.139 e. The lowest BCUT2D eigenvalue weighted by atomic mass is 9.47. The molecule has 0 aromatic rings. The van der Waals surface area contributed by atoms with E-state index in [1.54, 1.807) is 6.92 Å². The third kappa shape index (κ3) is 1.63. The SMILES string of the molecule is CC(=O)[C@H]1CC[C@H]2[C@@H]3CC=C4CC(=O)CC5OC(C[C@]12C)[C@@H]3[C@]45C. The molecular formula is C21H28O3. The molecule has 0 spiro atoms. The summed E-state index contributed by atoms with van der Waals surface area (Å²) in [6.07, 6.45) is 8.26. The molecule has 0 amide bonds. The van der Waals surface area contributed by atoms with E-state index in [-0.39, 0.29) is 29.0 Å². The van der Waals surface area contributed by atoms with Crippen molar-refractivity contribution in [1.82, 2.24) is 0 Å². The van der Waals surface area contributed by atoms with Gasteiger partial charge in [-0.15, -0.1) is 0 Å². The fourth-order valence-corrected chi connectivity index (χ4v) is 7.79. The third-order valence-electron chi connectivity index (χ3n) is 8.75. The number of allylic oxidation sites excluding steroid dienone is 1. The fourth-order valence-electron chi connectivity index (χ4n) is 7.79. The molecule has 0 aromatic heterocycles. The van der Waals surface area contributed by atoms with Crippen LogP contribution in [0.3, 0.4) is 0 Å². The molecule has 2 unspecified atom stereocenters. The molecule has 3 saturated carbocycles. The second kappa shape index (κ2) is 4.60. The summed E-state index contributed by atoms with van der Waals surface area (Å²) in [6, 6.07) is 0. The lowest BCUT2D eigenvalue weighted by Crippen LogP contribution is -2.54. The van der Waals surface area contributed by atoms with Gasteiger partial charge >= 0.3 is 0 Å². The fraction of sp³-hybridized carbons (Fsp3) is 0.810. The van der Waals surface area contributed by atoms with Gasteiger partial charge in [-0.05, 0) is 49.9 Å². The molecule has 5 rings (SSSR count). The number of hydrogen-bond donors (Lipinski definition) is 0. The van der Waals surface area contributed by atoms with E-state index in [0.717, 1.165) is 19.3 Å². The molecule has 0 bridgehead atoms. The lowest BCUT2D eigenvalue weighted by Gasteiger charge is -2.55. The van der Waals surface area contributed by atoms with Gasteiger partial charge in [0.1, 0.15) is 11.6 Å². The minimum Gasteiger partial charge on any atom is -0.373 e. The molecule has 4 fully saturated rings. The van der Waals surface area contributed by atoms with Crippen molar-refractivity contribution in [2.75, 3.05) is 0 Å². The van der Waals surface area contributed by atoms with Crippen LogP contribution in [-0.2, 0) is 14.3 Å². The van der Waals surface area contributed by atoms with Crippen LogP contribution in [0.5, 0.6) is 0 Å². The van der Waals surface area contributed by atoms with Crippen molar-refractivity contribution in [2.24, 2.45) is 34.5 Å². The summed E-state index contributed by atoms with van der Waals surface area (Å²) >= 11 is 0. The minimum absolute atomic E-state index is 0.0666. The van der Waals surface area contributed by atoms with E-state index in [2.05, 4.69) is 19.9 Å². The first kappa shape index (κ1) is 15.3. The van der Waals surface area contributed by atoms with Crippen LogP contribution < -0.4 is 0 Å². The Labute approximate surface area is 144 Å². The van der Waals surface area contributed by atoms with Gasteiger partial charge in [0, 0.05) is 30.1 Å². The van der Waals surface area contributed by atoms with Gasteiger partial charge in [0.15, 0.2) is 0 Å². The molecule has 3 nitrogen and oxygen atoms in total. The molecule has 3 heteroatoms. The van der Waals surface area contributed by atoms with Gasteiger partial charge in [0.05, 0.1) is 12.2 Å². The summed E-state index contributed by atoms with van der Waals surface area (Å²) in [6.45, 7) is 6.50. The quantitative estimate of drug-likeness (QED) is 0.689. The molecule has 4 aliphatic carbocycles. The second-order valence-corrected chi connectivity index (χ2v) is 9.58. The molecule has 0 N–H and O–H groups in total. The van der Waals surface area contributed by atoms with E-state index in [0.29, 0.717) is 42.2 Å². The molecule has 1 aliphatic heterocycles. The standard InChI is InChI=1S/C21H28O3/c1-11(22)15-6-7-16-14-5-4-12-8-13(23)9-18-21(12,3)19(14)17(24-18)10-20(15,16)2/h4,14-19H,5-10H2,1-3H3/t14-,15+,16-,17?,18?,19+,20+,21+/m0/s1. The van der Waals surface area contributed by atoms with Crippen molar-refractivity contribution in [1.29, 1.82) is 0 Å². The maximum absolute atomic E-state index is 12.3. The van der Waals surface area contributed by atoms with E-state index < -0.39 is 0 Å². The van der Waals surface area contributed by atoms with Crippen LogP contribution in [0.25, 0.3) is 0 Å². The average Bonchev–Trinajstić information content (AvgIpc) is 2.98. The Bertz CT molecular complexity index is 664. The van der Waals surface area contributed by atoms with Crippen LogP contribution in [0.2, 0.25) is 0 Å². The number of fused-ring (bicyclic) bond motifs is 2. The largest absolute Gasteiger partial charge is 0.373 e. The summed E-state index contributed by atoms with van der Waals surface area (Å²) in [4.78, 5) is 24.4. The van der Waals surface area contributed by atoms with Gasteiger partial charge in [-0.2, -0.15) is 0 Å². The van der Waals surface area contributed by atoms with Crippen LogP contribution in [0.1, 0.15) is 59.3 Å². The van der Waals surface area contributed by atoms with Crippen LogP contribution in [-0.4, -0.2) is 23.8 Å². The molecular weight excluding hydrogens is 300 g/mol. The zero-order chi connectivity index (χ0) is 16.9. The zero-order valence-electron chi connectivity index (χ0n) is 15.0. The van der Waals surface area contributed by atoms with Crippen LogP contribution in [0.4, 0.5) is 0 Å². The Hall–Kier alpha value is -0.960. The highest BCUT2D eigenvalue weighted by Gasteiger charge is 2.68. The highest BCUT2D eigenvalue weighted by Crippen LogP contribution is 2.69. The van der Waals surface area contributed by atoms with Crippen LogP contribution >= 0.6 is 0 Å². The summed E-state index contributed by atoms with van der Waals surface area (Å²) in [5, 5.41) is 0. The average molecular weight is 328 g/mol. The van der Waals surface area contributed by atoms with E-state index >= 15 is 0 Å². The number of hydrogen-bond acceptors (Lipinski definition) is 3. The summed E-state index contributed by atoms with van der Waals surface area (Å²) < 4.78 is 6.55. The summed E-state index contributed by atoms with van der Waals surface area (Å²) in [5.74, 6) is 2.73. The van der Waals surface area contributed by atoms with E-state index in [1.165, 1.54) is 12.0 Å². The third-order valence-corrected chi connectivity index (χ3v) is 8.75. The summed E-state index contributed by atoms with van der Waals surface area (Å²) in [5.41, 5.74) is 1.52. The Kier molecular flexibility index (Phi) is 2.94. The Morgan fingerprint density at radius 2 is 2.08 bits per heavy atom. The van der Waals surface area contributed by atoms with Crippen molar-refractivity contribution in [3.63, 3.8) is 0 Å². The number of ether oxygens (including phenoxy) is 1. The molecule has 8 atom stereocenters. The minimum atomic E-state index is 0.0666. The predicted octanol–water partition coefficient (Wildman–Crippen LogP) is 3.71. The van der Waals surface area contributed by atoms with E-state index in [9.17, 15) is 9.59 Å². The first-order valence-electron chi connectivity index (χ1n) is 9.73. The Morgan fingerprint density at radius 1 is 1.29 bits per heavy atom. The summed E-state index contributed by atoms with van der Waals surface area (Å²) in [7, 11) is 0. The molecule has 130 valence electrons. The van der Waals surface area contributed by atoms with Crippen LogP contribution in [0.15, 0.2) is 11.6 Å². The molecule has 24 heavy (non-hydrogen) atoms. The van der Waals surface area contributed by atoms with E-state index in [4.69, 9.17) is 4.74 Å². The highest BCUT2D eigenvalue weighted by atomic mass is 16.5. The smallest absolute Gasteiger partial charge is 0.139 e. The van der Waals surface area contributed by atoms with Crippen molar-refractivity contribution >= 4 is 11.6 Å².